The maximum absolute atomic E-state index is 11.6. The predicted octanol–water partition coefficient (Wildman–Crippen LogP) is 1.15. The van der Waals surface area contributed by atoms with Gasteiger partial charge in [-0.15, -0.1) is 6.58 Å². The number of rotatable bonds is 6. The fourth-order valence-corrected chi connectivity index (χ4v) is 1.21. The Morgan fingerprint density at radius 1 is 1.62 bits per heavy atom. The minimum atomic E-state index is -0.413. The number of likely N-dealkylation sites (N-methyl/N-ethyl adjacent to an activating group) is 1. The number of carbonyl (C=O) groups is 1. The van der Waals surface area contributed by atoms with Gasteiger partial charge in [0.15, 0.2) is 0 Å². The molecule has 0 rings (SSSR count). The maximum atomic E-state index is 11.6. The fourth-order valence-electron chi connectivity index (χ4n) is 1.21. The Hall–Kier alpha value is -0.830. The molecule has 0 bridgehead atoms. The number of hydrogen-bond acceptors (Lipinski definition) is 2. The molecule has 0 fully saturated rings. The van der Waals surface area contributed by atoms with Crippen LogP contribution in [0.4, 0.5) is 0 Å². The third-order valence-electron chi connectivity index (χ3n) is 1.92. The Morgan fingerprint density at radius 3 is 2.62 bits per heavy atom. The second-order valence-corrected chi connectivity index (χ2v) is 3.05. The predicted molar refractivity (Wildman–Crippen MR) is 55.3 cm³/mol. The van der Waals surface area contributed by atoms with Crippen molar-refractivity contribution >= 4 is 5.91 Å². The van der Waals surface area contributed by atoms with Gasteiger partial charge in [-0.2, -0.15) is 0 Å². The van der Waals surface area contributed by atoms with Crippen molar-refractivity contribution < 1.29 is 4.79 Å². The van der Waals surface area contributed by atoms with Crippen molar-refractivity contribution in [3.05, 3.63) is 12.7 Å². The van der Waals surface area contributed by atoms with Gasteiger partial charge in [0, 0.05) is 13.1 Å². The normalized spacial score (nSPS) is 12.2. The van der Waals surface area contributed by atoms with Crippen molar-refractivity contribution in [1.29, 1.82) is 0 Å². The lowest BCUT2D eigenvalue weighted by Gasteiger charge is -2.23. The lowest BCUT2D eigenvalue weighted by atomic mass is 10.2. The maximum Gasteiger partial charge on any atom is 0.239 e. The van der Waals surface area contributed by atoms with Crippen LogP contribution >= 0.6 is 0 Å². The van der Waals surface area contributed by atoms with Crippen LogP contribution < -0.4 is 5.73 Å². The van der Waals surface area contributed by atoms with E-state index in [1.807, 2.05) is 6.92 Å². The molecule has 0 aromatic rings. The van der Waals surface area contributed by atoms with Gasteiger partial charge >= 0.3 is 0 Å². The number of hydrogen-bond donors (Lipinski definition) is 1. The van der Waals surface area contributed by atoms with E-state index in [2.05, 4.69) is 13.5 Å². The van der Waals surface area contributed by atoms with Gasteiger partial charge in [-0.05, 0) is 19.8 Å². The average molecular weight is 184 g/mol. The molecule has 0 aliphatic rings. The summed E-state index contributed by atoms with van der Waals surface area (Å²) in [5.74, 6) is 0.0317. The molecule has 13 heavy (non-hydrogen) atoms. The first-order valence-corrected chi connectivity index (χ1v) is 4.82. The van der Waals surface area contributed by atoms with Crippen molar-refractivity contribution in [2.75, 3.05) is 13.1 Å². The van der Waals surface area contributed by atoms with Gasteiger partial charge in [0.25, 0.3) is 0 Å². The Kier molecular flexibility index (Phi) is 6.24. The number of carbonyl (C=O) groups excluding carboxylic acids is 1. The summed E-state index contributed by atoms with van der Waals surface area (Å²) in [6.07, 6.45) is 3.21. The molecule has 0 aromatic heterocycles. The largest absolute Gasteiger partial charge is 0.342 e. The van der Waals surface area contributed by atoms with Crippen LogP contribution in [0.3, 0.4) is 0 Å². The summed E-state index contributed by atoms with van der Waals surface area (Å²) in [5.41, 5.74) is 5.67. The summed E-state index contributed by atoms with van der Waals surface area (Å²) in [5, 5.41) is 0. The van der Waals surface area contributed by atoms with E-state index in [4.69, 9.17) is 5.73 Å². The van der Waals surface area contributed by atoms with Gasteiger partial charge in [-0.1, -0.05) is 13.0 Å². The molecule has 0 heterocycles. The highest BCUT2D eigenvalue weighted by Gasteiger charge is 2.17. The molecular weight excluding hydrogens is 164 g/mol. The van der Waals surface area contributed by atoms with Crippen molar-refractivity contribution in [1.82, 2.24) is 4.90 Å². The number of amides is 1. The third-order valence-corrected chi connectivity index (χ3v) is 1.92. The third kappa shape index (κ3) is 4.08. The Morgan fingerprint density at radius 2 is 2.23 bits per heavy atom. The van der Waals surface area contributed by atoms with Gasteiger partial charge in [-0.25, -0.2) is 0 Å². The van der Waals surface area contributed by atoms with Crippen LogP contribution in [-0.4, -0.2) is 29.9 Å². The molecule has 1 unspecified atom stereocenters. The van der Waals surface area contributed by atoms with Crippen LogP contribution in [0.2, 0.25) is 0 Å². The molecule has 3 nitrogen and oxygen atoms in total. The van der Waals surface area contributed by atoms with Crippen molar-refractivity contribution in [3.63, 3.8) is 0 Å². The first-order chi connectivity index (χ1) is 6.17. The Balaban J connectivity index is 4.09. The standard InChI is InChI=1S/C10H20N2O/c1-4-7-9(11)10(13)12(6-3)8-5-2/h4,9H,1,5-8,11H2,2-3H3. The number of nitrogens with zero attached hydrogens (tertiary/aromatic N) is 1. The van der Waals surface area contributed by atoms with Crippen LogP contribution in [0.25, 0.3) is 0 Å². The topological polar surface area (TPSA) is 46.3 Å². The minimum Gasteiger partial charge on any atom is -0.342 e. The van der Waals surface area contributed by atoms with E-state index >= 15 is 0 Å². The fraction of sp³-hybridized carbons (Fsp3) is 0.700. The first-order valence-electron chi connectivity index (χ1n) is 4.82. The highest BCUT2D eigenvalue weighted by molar-refractivity contribution is 5.81. The van der Waals surface area contributed by atoms with Gasteiger partial charge in [0.2, 0.25) is 5.91 Å². The molecule has 1 amide bonds. The van der Waals surface area contributed by atoms with Crippen LogP contribution in [0.1, 0.15) is 26.7 Å². The average Bonchev–Trinajstić information content (AvgIpc) is 2.13. The second-order valence-electron chi connectivity index (χ2n) is 3.05. The van der Waals surface area contributed by atoms with Gasteiger partial charge in [-0.3, -0.25) is 4.79 Å². The van der Waals surface area contributed by atoms with Crippen LogP contribution in [-0.2, 0) is 4.79 Å². The summed E-state index contributed by atoms with van der Waals surface area (Å²) in [6.45, 7) is 9.11. The highest BCUT2D eigenvalue weighted by atomic mass is 16.2. The highest BCUT2D eigenvalue weighted by Crippen LogP contribution is 1.99. The molecule has 2 N–H and O–H groups in total. The van der Waals surface area contributed by atoms with Crippen LogP contribution in [0.15, 0.2) is 12.7 Å². The summed E-state index contributed by atoms with van der Waals surface area (Å²) in [6, 6.07) is -0.413. The van der Waals surface area contributed by atoms with Crippen LogP contribution in [0, 0.1) is 0 Å². The quantitative estimate of drug-likeness (QED) is 0.629. The van der Waals surface area contributed by atoms with E-state index < -0.39 is 6.04 Å². The van der Waals surface area contributed by atoms with E-state index in [0.717, 1.165) is 19.5 Å². The molecular formula is C10H20N2O. The zero-order valence-electron chi connectivity index (χ0n) is 8.62. The molecule has 0 aliphatic carbocycles. The van der Waals surface area contributed by atoms with Gasteiger partial charge in [0.05, 0.1) is 6.04 Å². The molecule has 0 saturated carbocycles. The summed E-state index contributed by atoms with van der Waals surface area (Å²) in [7, 11) is 0. The zero-order valence-corrected chi connectivity index (χ0v) is 8.62. The molecule has 0 radical (unpaired) electrons. The van der Waals surface area contributed by atoms with E-state index in [0.29, 0.717) is 6.42 Å². The van der Waals surface area contributed by atoms with E-state index in [1.165, 1.54) is 0 Å². The van der Waals surface area contributed by atoms with E-state index in [1.54, 1.807) is 11.0 Å². The lowest BCUT2D eigenvalue weighted by Crippen LogP contribution is -2.43. The van der Waals surface area contributed by atoms with E-state index in [-0.39, 0.29) is 5.91 Å². The second kappa shape index (κ2) is 6.66. The summed E-state index contributed by atoms with van der Waals surface area (Å²) in [4.78, 5) is 13.4. The minimum absolute atomic E-state index is 0.0317. The molecule has 3 heteroatoms. The van der Waals surface area contributed by atoms with Crippen molar-refractivity contribution in [3.8, 4) is 0 Å². The zero-order chi connectivity index (χ0) is 10.3. The van der Waals surface area contributed by atoms with Crippen LogP contribution in [0.5, 0.6) is 0 Å². The first kappa shape index (κ1) is 12.2. The molecule has 0 spiro atoms. The molecule has 0 aliphatic heterocycles. The van der Waals surface area contributed by atoms with Crippen molar-refractivity contribution in [2.45, 2.75) is 32.7 Å². The smallest absolute Gasteiger partial charge is 0.239 e. The molecule has 0 saturated heterocycles. The van der Waals surface area contributed by atoms with Gasteiger partial charge in [0.1, 0.15) is 0 Å². The molecule has 0 aromatic carbocycles. The SMILES string of the molecule is C=CCC(N)C(=O)N(CC)CCC. The van der Waals surface area contributed by atoms with E-state index in [9.17, 15) is 4.79 Å². The van der Waals surface area contributed by atoms with Gasteiger partial charge < -0.3 is 10.6 Å². The molecule has 76 valence electrons. The Labute approximate surface area is 80.6 Å². The number of nitrogens with two attached hydrogens (primary N) is 1. The van der Waals surface area contributed by atoms with Crippen molar-refractivity contribution in [2.24, 2.45) is 5.73 Å². The summed E-state index contributed by atoms with van der Waals surface area (Å²) < 4.78 is 0. The molecule has 1 atom stereocenters. The monoisotopic (exact) mass is 184 g/mol. The lowest BCUT2D eigenvalue weighted by molar-refractivity contribution is -0.132. The Bertz CT molecular complexity index is 168. The summed E-state index contributed by atoms with van der Waals surface area (Å²) >= 11 is 0.